The van der Waals surface area contributed by atoms with Gasteiger partial charge in [-0.05, 0) is 25.2 Å². The number of nitrogens with zero attached hydrogens (tertiary/aromatic N) is 2. The Kier molecular flexibility index (Phi) is 4.48. The third kappa shape index (κ3) is 4.07. The lowest BCUT2D eigenvalue weighted by molar-refractivity contribution is 0.180. The highest BCUT2D eigenvalue weighted by Crippen LogP contribution is 2.30. The van der Waals surface area contributed by atoms with Gasteiger partial charge in [0.25, 0.3) is 0 Å². The Morgan fingerprint density at radius 3 is 3.12 bits per heavy atom. The van der Waals surface area contributed by atoms with Crippen molar-refractivity contribution in [3.63, 3.8) is 0 Å². The first-order valence-corrected chi connectivity index (χ1v) is 6.79. The Morgan fingerprint density at radius 2 is 2.41 bits per heavy atom. The Labute approximate surface area is 100.0 Å². The van der Waals surface area contributed by atoms with E-state index in [1.807, 2.05) is 0 Å². The van der Waals surface area contributed by atoms with Crippen molar-refractivity contribution in [2.75, 3.05) is 6.61 Å². The van der Waals surface area contributed by atoms with Crippen LogP contribution < -0.4 is 4.74 Å². The van der Waals surface area contributed by atoms with Gasteiger partial charge in [0.05, 0.1) is 6.61 Å². The van der Waals surface area contributed by atoms with Crippen LogP contribution in [0.1, 0.15) is 19.3 Å². The van der Waals surface area contributed by atoms with Gasteiger partial charge in [0.2, 0.25) is 5.88 Å². The normalized spacial score (nSPS) is 25.7. The van der Waals surface area contributed by atoms with Gasteiger partial charge in [-0.1, -0.05) is 0 Å². The molecule has 0 radical (unpaired) electrons. The fraction of sp³-hybridized carbons (Fsp3) is 0.600. The summed E-state index contributed by atoms with van der Waals surface area (Å²) < 4.78 is 20.9. The van der Waals surface area contributed by atoms with Crippen molar-refractivity contribution in [2.45, 2.75) is 25.4 Å². The third-order valence-electron chi connectivity index (χ3n) is 2.78. The van der Waals surface area contributed by atoms with Crippen molar-refractivity contribution in [3.05, 3.63) is 18.6 Å². The molecule has 1 unspecified atom stereocenters. The lowest BCUT2D eigenvalue weighted by atomic mass is 10.1. The molecule has 1 aliphatic rings. The van der Waals surface area contributed by atoms with E-state index in [0.29, 0.717) is 18.4 Å². The maximum Gasteiger partial charge on any atom is 0.316 e. The molecule has 1 saturated carbocycles. The minimum absolute atomic E-state index is 0.111. The second kappa shape index (κ2) is 6.10. The average molecular weight is 258 g/mol. The van der Waals surface area contributed by atoms with Gasteiger partial charge in [0, 0.05) is 12.3 Å². The molecule has 1 N–H and O–H groups in total. The maximum atomic E-state index is 10.4. The van der Waals surface area contributed by atoms with Crippen LogP contribution in [0.3, 0.4) is 0 Å². The van der Waals surface area contributed by atoms with Gasteiger partial charge >= 0.3 is 8.25 Å². The summed E-state index contributed by atoms with van der Waals surface area (Å²) in [6.45, 7) is 0.331. The predicted octanol–water partition coefficient (Wildman–Crippen LogP) is 1.42. The lowest BCUT2D eigenvalue weighted by Gasteiger charge is -2.12. The van der Waals surface area contributed by atoms with E-state index in [9.17, 15) is 4.57 Å². The number of aromatic nitrogens is 2. The van der Waals surface area contributed by atoms with E-state index in [2.05, 4.69) is 9.97 Å². The van der Waals surface area contributed by atoms with Crippen molar-refractivity contribution >= 4 is 8.25 Å². The van der Waals surface area contributed by atoms with Crippen molar-refractivity contribution in [1.82, 2.24) is 9.97 Å². The van der Waals surface area contributed by atoms with Crippen molar-refractivity contribution in [3.8, 4) is 5.88 Å². The lowest BCUT2D eigenvalue weighted by Crippen LogP contribution is -2.14. The van der Waals surface area contributed by atoms with E-state index in [-0.39, 0.29) is 6.10 Å². The summed E-state index contributed by atoms with van der Waals surface area (Å²) >= 11 is 0. The van der Waals surface area contributed by atoms with Crippen LogP contribution in [0.2, 0.25) is 0 Å². The zero-order valence-corrected chi connectivity index (χ0v) is 10.3. The van der Waals surface area contributed by atoms with Crippen LogP contribution in [-0.2, 0) is 9.09 Å². The SMILES string of the molecule is O=[PH](O)OC[C@@H]1CC[C@H](Oc2ccncn2)C1. The van der Waals surface area contributed by atoms with Gasteiger partial charge in [-0.3, -0.25) is 4.57 Å². The Balaban J connectivity index is 1.76. The van der Waals surface area contributed by atoms with E-state index < -0.39 is 8.25 Å². The largest absolute Gasteiger partial charge is 0.474 e. The van der Waals surface area contributed by atoms with E-state index in [1.165, 1.54) is 6.33 Å². The number of hydrogen-bond donors (Lipinski definition) is 1. The molecule has 0 spiro atoms. The molecule has 1 aromatic rings. The summed E-state index contributed by atoms with van der Waals surface area (Å²) in [6.07, 6.45) is 5.90. The Hall–Kier alpha value is -0.970. The summed E-state index contributed by atoms with van der Waals surface area (Å²) in [4.78, 5) is 16.4. The topological polar surface area (TPSA) is 81.5 Å². The first kappa shape index (κ1) is 12.5. The van der Waals surface area contributed by atoms with Gasteiger partial charge in [-0.2, -0.15) is 0 Å². The molecule has 3 atom stereocenters. The van der Waals surface area contributed by atoms with E-state index >= 15 is 0 Å². The Bertz CT molecular complexity index is 376. The van der Waals surface area contributed by atoms with Crippen LogP contribution in [0.5, 0.6) is 5.88 Å². The molecule has 0 aromatic carbocycles. The minimum atomic E-state index is -2.81. The standard InChI is InChI=1S/C10H15N2O4P/c13-17(14)15-6-8-1-2-9(5-8)16-10-3-4-11-7-12-10/h3-4,7-9,17H,1-2,5-6H2,(H,13,14)/t8-,9+/m1/s1. The highest BCUT2D eigenvalue weighted by Gasteiger charge is 2.26. The highest BCUT2D eigenvalue weighted by molar-refractivity contribution is 7.32. The molecule has 2 rings (SSSR count). The Morgan fingerprint density at radius 1 is 1.53 bits per heavy atom. The second-order valence-corrected chi connectivity index (χ2v) is 4.86. The molecular weight excluding hydrogens is 243 g/mol. The summed E-state index contributed by atoms with van der Waals surface area (Å²) in [6, 6.07) is 1.72. The summed E-state index contributed by atoms with van der Waals surface area (Å²) in [5.41, 5.74) is 0. The van der Waals surface area contributed by atoms with Crippen molar-refractivity contribution < 1.29 is 18.7 Å². The first-order valence-electron chi connectivity index (χ1n) is 5.52. The van der Waals surface area contributed by atoms with E-state index in [1.54, 1.807) is 12.3 Å². The minimum Gasteiger partial charge on any atom is -0.474 e. The summed E-state index contributed by atoms with van der Waals surface area (Å²) in [5.74, 6) is 0.866. The monoisotopic (exact) mass is 258 g/mol. The van der Waals surface area contributed by atoms with Gasteiger partial charge in [-0.15, -0.1) is 0 Å². The fourth-order valence-electron chi connectivity index (χ4n) is 2.00. The van der Waals surface area contributed by atoms with E-state index in [4.69, 9.17) is 14.2 Å². The van der Waals surface area contributed by atoms with Crippen LogP contribution >= 0.6 is 8.25 Å². The van der Waals surface area contributed by atoms with Gasteiger partial charge in [-0.25, -0.2) is 9.97 Å². The van der Waals surface area contributed by atoms with Crippen LogP contribution in [0.15, 0.2) is 18.6 Å². The van der Waals surface area contributed by atoms with Crippen molar-refractivity contribution in [2.24, 2.45) is 5.92 Å². The fourth-order valence-corrected chi connectivity index (χ4v) is 2.37. The first-order chi connectivity index (χ1) is 8.24. The molecule has 0 bridgehead atoms. The number of ether oxygens (including phenoxy) is 1. The van der Waals surface area contributed by atoms with Crippen LogP contribution in [-0.4, -0.2) is 27.6 Å². The maximum absolute atomic E-state index is 10.4. The molecule has 7 heteroatoms. The van der Waals surface area contributed by atoms with Gasteiger partial charge in [0.15, 0.2) is 0 Å². The molecule has 1 heterocycles. The summed E-state index contributed by atoms with van der Waals surface area (Å²) in [7, 11) is -2.81. The molecule has 94 valence electrons. The molecule has 6 nitrogen and oxygen atoms in total. The second-order valence-electron chi connectivity index (χ2n) is 4.04. The van der Waals surface area contributed by atoms with Crippen molar-refractivity contribution in [1.29, 1.82) is 0 Å². The van der Waals surface area contributed by atoms with Crippen LogP contribution in [0.25, 0.3) is 0 Å². The molecular formula is C10H15N2O4P. The molecule has 0 amide bonds. The number of rotatable bonds is 5. The third-order valence-corrected chi connectivity index (χ3v) is 3.19. The number of hydrogen-bond acceptors (Lipinski definition) is 5. The average Bonchev–Trinajstić information content (AvgIpc) is 2.75. The van der Waals surface area contributed by atoms with Gasteiger partial charge in [0.1, 0.15) is 12.4 Å². The molecule has 1 aliphatic carbocycles. The summed E-state index contributed by atoms with van der Waals surface area (Å²) in [5, 5.41) is 0. The van der Waals surface area contributed by atoms with Crippen LogP contribution in [0, 0.1) is 5.92 Å². The molecule has 0 aliphatic heterocycles. The molecule has 1 aromatic heterocycles. The molecule has 17 heavy (non-hydrogen) atoms. The zero-order chi connectivity index (χ0) is 12.1. The van der Waals surface area contributed by atoms with Crippen LogP contribution in [0.4, 0.5) is 0 Å². The molecule has 1 fully saturated rings. The quantitative estimate of drug-likeness (QED) is 0.804. The van der Waals surface area contributed by atoms with Gasteiger partial charge < -0.3 is 14.2 Å². The zero-order valence-electron chi connectivity index (χ0n) is 9.28. The predicted molar refractivity (Wildman–Crippen MR) is 61.0 cm³/mol. The van der Waals surface area contributed by atoms with E-state index in [0.717, 1.165) is 19.3 Å². The highest BCUT2D eigenvalue weighted by atomic mass is 31.1. The smallest absolute Gasteiger partial charge is 0.316 e. The molecule has 0 saturated heterocycles.